The summed E-state index contributed by atoms with van der Waals surface area (Å²) in [5, 5.41) is 19.1. The van der Waals surface area contributed by atoms with Gasteiger partial charge in [-0.25, -0.2) is 0 Å². The van der Waals surface area contributed by atoms with E-state index in [0.717, 1.165) is 0 Å². The number of aliphatic hydroxyl groups is 1. The summed E-state index contributed by atoms with van der Waals surface area (Å²) in [7, 11) is 5.66. The zero-order valence-electron chi connectivity index (χ0n) is 12.8. The molecule has 0 radical (unpaired) electrons. The maximum atomic E-state index is 10.3. The van der Waals surface area contributed by atoms with Crippen LogP contribution >= 0.6 is 12.4 Å². The minimum atomic E-state index is -1.20. The number of carbonyl (C=O) groups excluding carboxylic acids is 3. The van der Waals surface area contributed by atoms with Crippen molar-refractivity contribution in [2.24, 2.45) is 5.73 Å². The fourth-order valence-electron chi connectivity index (χ4n) is 1.13. The van der Waals surface area contributed by atoms with Crippen molar-refractivity contribution < 1.29 is 33.8 Å². The Hall–Kier alpha value is -1.22. The Kier molecular flexibility index (Phi) is 14.8. The molecule has 0 saturated heterocycles. The first-order chi connectivity index (χ1) is 9.01. The Morgan fingerprint density at radius 1 is 1.24 bits per heavy atom. The highest BCUT2D eigenvalue weighted by Crippen LogP contribution is 1.97. The molecule has 0 aliphatic heterocycles. The first kappa shape index (κ1) is 24.8. The lowest BCUT2D eigenvalue weighted by atomic mass is 10.2. The zero-order chi connectivity index (χ0) is 16.3. The molecule has 21 heavy (non-hydrogen) atoms. The number of nitrogens with two attached hydrogens (primary N) is 1. The predicted octanol–water partition coefficient (Wildman–Crippen LogP) is -1.96. The predicted molar refractivity (Wildman–Crippen MR) is 76.2 cm³/mol. The highest BCUT2D eigenvalue weighted by Gasteiger charge is 2.14. The molecule has 0 heterocycles. The first-order valence-electron chi connectivity index (χ1n) is 6.13. The molecule has 0 spiro atoms. The van der Waals surface area contributed by atoms with E-state index in [-0.39, 0.29) is 31.8 Å². The number of hydrogen-bond donors (Lipinski definition) is 2. The molecule has 0 amide bonds. The molecule has 0 bridgehead atoms. The number of carbonyl (C=O) groups is 3. The number of ether oxygens (including phenoxy) is 1. The van der Waals surface area contributed by atoms with E-state index in [4.69, 9.17) is 10.8 Å². The van der Waals surface area contributed by atoms with Gasteiger partial charge in [-0.05, 0) is 0 Å². The van der Waals surface area contributed by atoms with E-state index in [1.807, 2.05) is 21.1 Å². The Morgan fingerprint density at radius 3 is 2.00 bits per heavy atom. The van der Waals surface area contributed by atoms with E-state index < -0.39 is 24.0 Å². The molecule has 1 atom stereocenters. The number of hydrogen-bond acceptors (Lipinski definition) is 7. The van der Waals surface area contributed by atoms with Gasteiger partial charge in [0.25, 0.3) is 0 Å². The number of carboxylic acid groups (broad SMARTS) is 1. The summed E-state index contributed by atoms with van der Waals surface area (Å²) >= 11 is 0. The third-order valence-electron chi connectivity index (χ3n) is 1.84. The lowest BCUT2D eigenvalue weighted by Crippen LogP contribution is -2.43. The lowest BCUT2D eigenvalue weighted by Gasteiger charge is -2.26. The second kappa shape index (κ2) is 12.5. The van der Waals surface area contributed by atoms with Gasteiger partial charge in [0.1, 0.15) is 12.6 Å². The molecule has 0 fully saturated rings. The SMILES string of the molecule is CCC(=O)OC(=O)CN.C[N+](C)(C)C[C@H](O)CC(=O)[O-].Cl. The Morgan fingerprint density at radius 2 is 1.71 bits per heavy atom. The van der Waals surface area contributed by atoms with Crippen LogP contribution in [0.25, 0.3) is 0 Å². The van der Waals surface area contributed by atoms with Crippen LogP contribution in [0.15, 0.2) is 0 Å². The minimum absolute atomic E-state index is 0. The average Bonchev–Trinajstić information content (AvgIpc) is 2.25. The molecule has 0 rings (SSSR count). The molecule has 0 aromatic carbocycles. The molecular weight excluding hydrogens is 304 g/mol. The van der Waals surface area contributed by atoms with Gasteiger partial charge in [-0.3, -0.25) is 9.59 Å². The van der Waals surface area contributed by atoms with Gasteiger partial charge in [-0.2, -0.15) is 0 Å². The van der Waals surface area contributed by atoms with Crippen LogP contribution in [-0.2, 0) is 19.1 Å². The van der Waals surface area contributed by atoms with Gasteiger partial charge in [0, 0.05) is 18.8 Å². The van der Waals surface area contributed by atoms with Crippen molar-refractivity contribution in [1.29, 1.82) is 0 Å². The maximum Gasteiger partial charge on any atom is 0.327 e. The Bertz CT molecular complexity index is 316. The van der Waals surface area contributed by atoms with E-state index in [1.165, 1.54) is 0 Å². The second-order valence-electron chi connectivity index (χ2n) is 5.11. The summed E-state index contributed by atoms with van der Waals surface area (Å²) in [5.41, 5.74) is 4.85. The molecule has 0 unspecified atom stereocenters. The van der Waals surface area contributed by atoms with Crippen LogP contribution in [0, 0.1) is 0 Å². The Labute approximate surface area is 130 Å². The standard InChI is InChI=1S/C7H15NO3.C5H9NO3.ClH/c1-8(2,3)5-6(9)4-7(10)11;1-2-4(7)9-5(8)3-6;/h6,9H,4-5H2,1-3H3;2-3,6H2,1H3;1H/t6-;;/m1../s1. The fraction of sp³-hybridized carbons (Fsp3) is 0.750. The van der Waals surface area contributed by atoms with E-state index in [2.05, 4.69) is 4.74 Å². The van der Waals surface area contributed by atoms with Crippen molar-refractivity contribution in [3.63, 3.8) is 0 Å². The molecule has 126 valence electrons. The van der Waals surface area contributed by atoms with Gasteiger partial charge < -0.3 is 30.0 Å². The number of esters is 2. The van der Waals surface area contributed by atoms with E-state index in [1.54, 1.807) is 6.92 Å². The molecule has 0 aromatic rings. The van der Waals surface area contributed by atoms with E-state index in [9.17, 15) is 19.5 Å². The Balaban J connectivity index is -0.000000300. The van der Waals surface area contributed by atoms with Crippen LogP contribution in [0.1, 0.15) is 19.8 Å². The van der Waals surface area contributed by atoms with E-state index in [0.29, 0.717) is 11.0 Å². The third-order valence-corrected chi connectivity index (χ3v) is 1.84. The summed E-state index contributed by atoms with van der Waals surface area (Å²) in [6.07, 6.45) is -0.888. The number of carboxylic acids is 1. The second-order valence-corrected chi connectivity index (χ2v) is 5.11. The normalized spacial score (nSPS) is 11.3. The van der Waals surface area contributed by atoms with Gasteiger partial charge in [0.2, 0.25) is 0 Å². The van der Waals surface area contributed by atoms with Crippen molar-refractivity contribution in [3.8, 4) is 0 Å². The third kappa shape index (κ3) is 21.2. The van der Waals surface area contributed by atoms with Gasteiger partial charge in [-0.15, -0.1) is 12.4 Å². The van der Waals surface area contributed by atoms with Crippen molar-refractivity contribution in [3.05, 3.63) is 0 Å². The summed E-state index contributed by atoms with van der Waals surface area (Å²) in [5.74, 6) is -2.42. The molecule has 0 aliphatic carbocycles. The summed E-state index contributed by atoms with van der Waals surface area (Å²) < 4.78 is 4.70. The first-order valence-corrected chi connectivity index (χ1v) is 6.13. The van der Waals surface area contributed by atoms with Crippen LogP contribution < -0.4 is 10.8 Å². The smallest absolute Gasteiger partial charge is 0.327 e. The molecular formula is C12H25ClN2O6. The van der Waals surface area contributed by atoms with Crippen LogP contribution in [0.2, 0.25) is 0 Å². The highest BCUT2D eigenvalue weighted by atomic mass is 35.5. The van der Waals surface area contributed by atoms with Crippen molar-refractivity contribution in [2.45, 2.75) is 25.9 Å². The molecule has 0 saturated carbocycles. The van der Waals surface area contributed by atoms with Crippen LogP contribution in [-0.4, -0.2) is 67.8 Å². The zero-order valence-corrected chi connectivity index (χ0v) is 13.6. The largest absolute Gasteiger partial charge is 0.550 e. The van der Waals surface area contributed by atoms with Crippen molar-refractivity contribution in [2.75, 3.05) is 34.2 Å². The molecule has 3 N–H and O–H groups in total. The minimum Gasteiger partial charge on any atom is -0.550 e. The molecule has 9 heteroatoms. The fourth-order valence-corrected chi connectivity index (χ4v) is 1.13. The number of rotatable bonds is 6. The van der Waals surface area contributed by atoms with Crippen molar-refractivity contribution in [1.82, 2.24) is 0 Å². The van der Waals surface area contributed by atoms with Gasteiger partial charge >= 0.3 is 11.9 Å². The number of aliphatic hydroxyl groups excluding tert-OH is 1. The molecule has 8 nitrogen and oxygen atoms in total. The van der Waals surface area contributed by atoms with Crippen molar-refractivity contribution >= 4 is 30.3 Å². The number of quaternary nitrogens is 1. The van der Waals surface area contributed by atoms with Crippen LogP contribution in [0.4, 0.5) is 0 Å². The van der Waals surface area contributed by atoms with Gasteiger partial charge in [0.15, 0.2) is 0 Å². The number of nitrogens with zero attached hydrogens (tertiary/aromatic N) is 1. The summed E-state index contributed by atoms with van der Waals surface area (Å²) in [4.78, 5) is 30.5. The number of aliphatic carboxylic acids is 1. The van der Waals surface area contributed by atoms with Crippen LogP contribution in [0.3, 0.4) is 0 Å². The maximum absolute atomic E-state index is 10.3. The molecule has 0 aliphatic rings. The number of halogens is 1. The van der Waals surface area contributed by atoms with Gasteiger partial charge in [0.05, 0.1) is 27.7 Å². The van der Waals surface area contributed by atoms with Crippen LogP contribution in [0.5, 0.6) is 0 Å². The van der Waals surface area contributed by atoms with E-state index >= 15 is 0 Å². The quantitative estimate of drug-likeness (QED) is 0.329. The number of likely N-dealkylation sites (N-methyl/N-ethyl adjacent to an activating group) is 1. The topological polar surface area (TPSA) is 130 Å². The summed E-state index contributed by atoms with van der Waals surface area (Å²) in [6.45, 7) is 1.78. The average molecular weight is 329 g/mol. The summed E-state index contributed by atoms with van der Waals surface area (Å²) in [6, 6.07) is 0. The molecule has 0 aromatic heterocycles. The lowest BCUT2D eigenvalue weighted by molar-refractivity contribution is -0.873. The monoisotopic (exact) mass is 328 g/mol. The highest BCUT2D eigenvalue weighted by molar-refractivity contribution is 5.86. The van der Waals surface area contributed by atoms with Gasteiger partial charge in [-0.1, -0.05) is 6.92 Å².